The molecule has 0 bridgehead atoms. The predicted molar refractivity (Wildman–Crippen MR) is 120 cm³/mol. The van der Waals surface area contributed by atoms with Crippen LogP contribution in [-0.4, -0.2) is 20.7 Å². The zero-order valence-electron chi connectivity index (χ0n) is 17.7. The highest BCUT2D eigenvalue weighted by Gasteiger charge is 2.69. The van der Waals surface area contributed by atoms with E-state index in [-0.39, 0.29) is 0 Å². The molecule has 1 aliphatic heterocycles. The lowest BCUT2D eigenvalue weighted by atomic mass is 10.0. The normalized spacial score (nSPS) is 18.2. The monoisotopic (exact) mass is 448 g/mol. The SMILES string of the molecule is CCCC1C(=O)OC(=O)C1[Si](Oc1ccccc1)(Oc1ccccc1)Oc1ccccc1. The molecule has 0 saturated carbocycles. The minimum absolute atomic E-state index is 0.457. The van der Waals surface area contributed by atoms with Crippen molar-refractivity contribution in [2.24, 2.45) is 5.92 Å². The van der Waals surface area contributed by atoms with Crippen LogP contribution < -0.4 is 13.3 Å². The molecule has 1 saturated heterocycles. The lowest BCUT2D eigenvalue weighted by Gasteiger charge is -2.34. The topological polar surface area (TPSA) is 71.1 Å². The first-order valence-corrected chi connectivity index (χ1v) is 12.4. The van der Waals surface area contributed by atoms with Gasteiger partial charge in [-0.05, 0) is 42.8 Å². The molecule has 32 heavy (non-hydrogen) atoms. The summed E-state index contributed by atoms with van der Waals surface area (Å²) in [5.74, 6) is -0.516. The summed E-state index contributed by atoms with van der Waals surface area (Å²) >= 11 is 0. The zero-order valence-corrected chi connectivity index (χ0v) is 18.7. The van der Waals surface area contributed by atoms with Gasteiger partial charge in [0.05, 0.1) is 5.92 Å². The first-order chi connectivity index (χ1) is 15.6. The fourth-order valence-corrected chi connectivity index (χ4v) is 6.78. The van der Waals surface area contributed by atoms with Crippen LogP contribution in [0.25, 0.3) is 0 Å². The lowest BCUT2D eigenvalue weighted by Crippen LogP contribution is -2.61. The van der Waals surface area contributed by atoms with Gasteiger partial charge in [-0.15, -0.1) is 0 Å². The molecule has 1 fully saturated rings. The molecule has 1 aliphatic rings. The first-order valence-electron chi connectivity index (χ1n) is 10.6. The summed E-state index contributed by atoms with van der Waals surface area (Å²) < 4.78 is 24.4. The van der Waals surface area contributed by atoms with Crippen molar-refractivity contribution in [2.75, 3.05) is 0 Å². The maximum Gasteiger partial charge on any atom is 0.715 e. The quantitative estimate of drug-likeness (QED) is 0.260. The van der Waals surface area contributed by atoms with Gasteiger partial charge in [0.25, 0.3) is 0 Å². The fourth-order valence-electron chi connectivity index (χ4n) is 3.74. The summed E-state index contributed by atoms with van der Waals surface area (Å²) in [6, 6.07) is 27.1. The Morgan fingerprint density at radius 3 is 1.47 bits per heavy atom. The van der Waals surface area contributed by atoms with Crippen LogP contribution in [-0.2, 0) is 14.3 Å². The molecule has 0 aromatic heterocycles. The van der Waals surface area contributed by atoms with Crippen molar-refractivity contribution in [2.45, 2.75) is 25.3 Å². The number of carbonyl (C=O) groups is 2. The second-order valence-corrected chi connectivity index (χ2v) is 9.90. The summed E-state index contributed by atoms with van der Waals surface area (Å²) in [4.78, 5) is 25.6. The smallest absolute Gasteiger partial charge is 0.483 e. The molecule has 2 unspecified atom stereocenters. The summed E-state index contributed by atoms with van der Waals surface area (Å²) in [5, 5.41) is 0. The number of hydrogen-bond acceptors (Lipinski definition) is 6. The van der Waals surface area contributed by atoms with Gasteiger partial charge in [0, 0.05) is 0 Å². The standard InChI is InChI=1S/C25H24O6Si/c1-2-12-22-23(25(27)28-24(22)26)32(29-19-13-6-3-7-14-19,30-20-15-8-4-9-16-20)31-21-17-10-5-11-18-21/h3-11,13-18,22-23H,2,12H2,1H3. The average molecular weight is 449 g/mol. The molecule has 6 nitrogen and oxygen atoms in total. The lowest BCUT2D eigenvalue weighted by molar-refractivity contribution is -0.153. The molecule has 3 aromatic rings. The Hall–Kier alpha value is -3.58. The van der Waals surface area contributed by atoms with Crippen molar-refractivity contribution in [3.8, 4) is 17.2 Å². The van der Waals surface area contributed by atoms with E-state index in [1.54, 1.807) is 36.4 Å². The Balaban J connectivity index is 1.86. The predicted octanol–water partition coefficient (Wildman–Crippen LogP) is 5.03. The summed E-state index contributed by atoms with van der Waals surface area (Å²) in [6.07, 6.45) is 1.15. The largest absolute Gasteiger partial charge is 0.715 e. The maximum atomic E-state index is 13.0. The molecular weight excluding hydrogens is 424 g/mol. The van der Waals surface area contributed by atoms with E-state index in [2.05, 4.69) is 0 Å². The second kappa shape index (κ2) is 9.70. The van der Waals surface area contributed by atoms with E-state index in [1.165, 1.54) is 0 Å². The summed E-state index contributed by atoms with van der Waals surface area (Å²) in [5.41, 5.74) is -1.00. The number of carbonyl (C=O) groups excluding carboxylic acids is 2. The van der Waals surface area contributed by atoms with Crippen LogP contribution in [0.5, 0.6) is 17.2 Å². The van der Waals surface area contributed by atoms with Gasteiger partial charge in [-0.3, -0.25) is 9.59 Å². The highest BCUT2D eigenvalue weighted by Crippen LogP contribution is 2.43. The summed E-state index contributed by atoms with van der Waals surface area (Å²) in [7, 11) is -3.99. The van der Waals surface area contributed by atoms with E-state index in [1.807, 2.05) is 61.5 Å². The van der Waals surface area contributed by atoms with Gasteiger partial charge in [0.15, 0.2) is 5.54 Å². The average Bonchev–Trinajstić information content (AvgIpc) is 3.09. The number of ether oxygens (including phenoxy) is 1. The number of rotatable bonds is 9. The molecule has 7 heteroatoms. The molecule has 0 spiro atoms. The van der Waals surface area contributed by atoms with Gasteiger partial charge >= 0.3 is 20.7 Å². The van der Waals surface area contributed by atoms with Crippen molar-refractivity contribution >= 4 is 20.7 Å². The molecule has 2 atom stereocenters. The fraction of sp³-hybridized carbons (Fsp3) is 0.200. The minimum Gasteiger partial charge on any atom is -0.483 e. The van der Waals surface area contributed by atoms with Gasteiger partial charge in [-0.25, -0.2) is 0 Å². The van der Waals surface area contributed by atoms with E-state index in [0.29, 0.717) is 30.1 Å². The van der Waals surface area contributed by atoms with Crippen LogP contribution in [0.4, 0.5) is 0 Å². The molecule has 164 valence electrons. The van der Waals surface area contributed by atoms with Crippen LogP contribution in [0.1, 0.15) is 19.8 Å². The van der Waals surface area contributed by atoms with Crippen molar-refractivity contribution in [3.63, 3.8) is 0 Å². The van der Waals surface area contributed by atoms with Gasteiger partial charge in [-0.1, -0.05) is 67.9 Å². The third-order valence-corrected chi connectivity index (χ3v) is 8.11. The number of hydrogen-bond donors (Lipinski definition) is 0. The van der Waals surface area contributed by atoms with Crippen molar-refractivity contribution in [3.05, 3.63) is 91.0 Å². The number of esters is 2. The van der Waals surface area contributed by atoms with E-state index in [0.717, 1.165) is 0 Å². The number of para-hydroxylation sites is 3. The number of benzene rings is 3. The Morgan fingerprint density at radius 1 is 0.688 bits per heavy atom. The van der Waals surface area contributed by atoms with E-state index in [9.17, 15) is 9.59 Å². The molecule has 0 N–H and O–H groups in total. The van der Waals surface area contributed by atoms with Gasteiger partial charge < -0.3 is 18.0 Å². The molecule has 0 radical (unpaired) electrons. The molecule has 4 rings (SSSR count). The third-order valence-electron chi connectivity index (χ3n) is 5.15. The maximum absolute atomic E-state index is 13.0. The Kier molecular flexibility index (Phi) is 6.56. The Morgan fingerprint density at radius 2 is 1.09 bits per heavy atom. The zero-order chi connectivity index (χ0) is 22.4. The second-order valence-electron chi connectivity index (χ2n) is 7.46. The molecular formula is C25H24O6Si. The van der Waals surface area contributed by atoms with Crippen molar-refractivity contribution < 1.29 is 27.6 Å². The van der Waals surface area contributed by atoms with E-state index in [4.69, 9.17) is 18.0 Å². The van der Waals surface area contributed by atoms with Crippen LogP contribution in [0.15, 0.2) is 91.0 Å². The highest BCUT2D eigenvalue weighted by atomic mass is 28.4. The molecule has 0 aliphatic carbocycles. The van der Waals surface area contributed by atoms with Crippen molar-refractivity contribution in [1.82, 2.24) is 0 Å². The molecule has 3 aromatic carbocycles. The minimum atomic E-state index is -3.99. The Labute approximate surface area is 188 Å². The van der Waals surface area contributed by atoms with Gasteiger partial charge in [0.2, 0.25) is 0 Å². The van der Waals surface area contributed by atoms with Crippen LogP contribution in [0, 0.1) is 5.92 Å². The van der Waals surface area contributed by atoms with Crippen molar-refractivity contribution in [1.29, 1.82) is 0 Å². The van der Waals surface area contributed by atoms with Gasteiger partial charge in [-0.2, -0.15) is 0 Å². The molecule has 1 heterocycles. The highest BCUT2D eigenvalue weighted by molar-refractivity contribution is 6.69. The van der Waals surface area contributed by atoms with E-state index >= 15 is 0 Å². The summed E-state index contributed by atoms with van der Waals surface area (Å²) in [6.45, 7) is 1.95. The first kappa shape index (κ1) is 21.6. The van der Waals surface area contributed by atoms with E-state index < -0.39 is 32.2 Å². The van der Waals surface area contributed by atoms with Gasteiger partial charge in [0.1, 0.15) is 17.2 Å². The number of cyclic esters (lactones) is 2. The van der Waals surface area contributed by atoms with Crippen LogP contribution >= 0.6 is 0 Å². The third kappa shape index (κ3) is 4.68. The molecule has 0 amide bonds. The Bertz CT molecular complexity index is 940. The van der Waals surface area contributed by atoms with Crippen LogP contribution in [0.2, 0.25) is 5.54 Å². The van der Waals surface area contributed by atoms with Crippen LogP contribution in [0.3, 0.4) is 0 Å².